The van der Waals surface area contributed by atoms with Crippen LogP contribution >= 0.6 is 11.3 Å². The van der Waals surface area contributed by atoms with E-state index in [-0.39, 0.29) is 17.8 Å². The van der Waals surface area contributed by atoms with E-state index in [0.717, 1.165) is 21.7 Å². The van der Waals surface area contributed by atoms with Crippen molar-refractivity contribution in [1.82, 2.24) is 15.2 Å². The van der Waals surface area contributed by atoms with Crippen LogP contribution in [0.1, 0.15) is 43.8 Å². The Bertz CT molecular complexity index is 1650. The zero-order valence-corrected chi connectivity index (χ0v) is 25.7. The van der Waals surface area contributed by atoms with Gasteiger partial charge in [-0.2, -0.15) is 0 Å². The van der Waals surface area contributed by atoms with E-state index in [4.69, 9.17) is 14.5 Å². The zero-order valence-electron chi connectivity index (χ0n) is 24.9. The number of rotatable bonds is 14. The summed E-state index contributed by atoms with van der Waals surface area (Å²) in [5.41, 5.74) is 4.24. The van der Waals surface area contributed by atoms with Crippen LogP contribution in [0.5, 0.6) is 11.5 Å². The van der Waals surface area contributed by atoms with Gasteiger partial charge in [-0.15, -0.1) is 11.3 Å². The van der Waals surface area contributed by atoms with Crippen LogP contribution in [0.3, 0.4) is 0 Å². The molecule has 1 heterocycles. The number of halogens is 1. The largest absolute Gasteiger partial charge is 0.493 e. The highest BCUT2D eigenvalue weighted by molar-refractivity contribution is 7.09. The molecule has 5 aromatic rings. The normalized spacial score (nSPS) is 11.7. The van der Waals surface area contributed by atoms with E-state index in [0.29, 0.717) is 55.2 Å². The third-order valence-corrected chi connectivity index (χ3v) is 8.28. The Balaban J connectivity index is 1.30. The second-order valence-electron chi connectivity index (χ2n) is 10.5. The fraction of sp³-hybridized carbons (Fsp3) is 0.222. The second kappa shape index (κ2) is 15.3. The van der Waals surface area contributed by atoms with Crippen LogP contribution in [-0.4, -0.2) is 36.6 Å². The van der Waals surface area contributed by atoms with Gasteiger partial charge in [-0.25, -0.2) is 9.37 Å². The SMILES string of the molecule is COc1ccc(CCN(Cc2nc(C(=O)N[C@@H](Cc3ccccc3)c3ccccc3)cs2)Cc2ccccc2F)cc1OC. The minimum Gasteiger partial charge on any atom is -0.493 e. The second-order valence-corrected chi connectivity index (χ2v) is 11.4. The quantitative estimate of drug-likeness (QED) is 0.144. The maximum Gasteiger partial charge on any atom is 0.271 e. The van der Waals surface area contributed by atoms with Gasteiger partial charge in [0.25, 0.3) is 5.91 Å². The lowest BCUT2D eigenvalue weighted by Gasteiger charge is -2.22. The van der Waals surface area contributed by atoms with Crippen molar-refractivity contribution >= 4 is 17.2 Å². The Morgan fingerprint density at radius 2 is 1.57 bits per heavy atom. The number of nitrogens with zero attached hydrogens (tertiary/aromatic N) is 2. The number of methoxy groups -OCH3 is 2. The Hall–Kier alpha value is -4.53. The maximum atomic E-state index is 14.6. The summed E-state index contributed by atoms with van der Waals surface area (Å²) >= 11 is 1.44. The molecule has 0 bridgehead atoms. The molecule has 1 N–H and O–H groups in total. The molecule has 6 nitrogen and oxygen atoms in total. The molecule has 0 radical (unpaired) electrons. The van der Waals surface area contributed by atoms with E-state index in [2.05, 4.69) is 22.3 Å². The van der Waals surface area contributed by atoms with Crippen LogP contribution in [0.4, 0.5) is 4.39 Å². The Morgan fingerprint density at radius 3 is 2.30 bits per heavy atom. The first-order valence-electron chi connectivity index (χ1n) is 14.5. The number of carbonyl (C=O) groups excluding carboxylic acids is 1. The summed E-state index contributed by atoms with van der Waals surface area (Å²) in [4.78, 5) is 20.3. The van der Waals surface area contributed by atoms with Crippen molar-refractivity contribution < 1.29 is 18.7 Å². The Labute approximate surface area is 262 Å². The molecule has 1 atom stereocenters. The minimum absolute atomic E-state index is 0.199. The van der Waals surface area contributed by atoms with Gasteiger partial charge in [-0.05, 0) is 47.7 Å². The molecule has 44 heavy (non-hydrogen) atoms. The number of thiazole rings is 1. The van der Waals surface area contributed by atoms with Crippen LogP contribution < -0.4 is 14.8 Å². The van der Waals surface area contributed by atoms with Crippen molar-refractivity contribution in [1.29, 1.82) is 0 Å². The summed E-state index contributed by atoms with van der Waals surface area (Å²) in [6.45, 7) is 1.54. The maximum absolute atomic E-state index is 14.6. The van der Waals surface area contributed by atoms with Crippen LogP contribution in [0.25, 0.3) is 0 Å². The molecule has 8 heteroatoms. The molecule has 0 saturated heterocycles. The Kier molecular flexibility index (Phi) is 10.7. The summed E-state index contributed by atoms with van der Waals surface area (Å²) in [5.74, 6) is 0.880. The highest BCUT2D eigenvalue weighted by atomic mass is 32.1. The first-order valence-corrected chi connectivity index (χ1v) is 15.4. The van der Waals surface area contributed by atoms with Crippen molar-refractivity contribution in [3.05, 3.63) is 147 Å². The number of hydrogen-bond donors (Lipinski definition) is 1. The lowest BCUT2D eigenvalue weighted by Crippen LogP contribution is -2.30. The molecule has 0 unspecified atom stereocenters. The van der Waals surface area contributed by atoms with Crippen molar-refractivity contribution in [3.8, 4) is 11.5 Å². The highest BCUT2D eigenvalue weighted by Gasteiger charge is 2.20. The first kappa shape index (κ1) is 30.9. The van der Waals surface area contributed by atoms with Crippen molar-refractivity contribution in [2.24, 2.45) is 0 Å². The summed E-state index contributed by atoms with van der Waals surface area (Å²) < 4.78 is 25.5. The number of ether oxygens (including phenoxy) is 2. The summed E-state index contributed by atoms with van der Waals surface area (Å²) in [6.07, 6.45) is 1.38. The average Bonchev–Trinajstić information content (AvgIpc) is 3.53. The van der Waals surface area contributed by atoms with Crippen molar-refractivity contribution in [2.45, 2.75) is 32.0 Å². The molecule has 0 aliphatic heterocycles. The fourth-order valence-electron chi connectivity index (χ4n) is 5.10. The molecule has 226 valence electrons. The van der Waals surface area contributed by atoms with Gasteiger partial charge >= 0.3 is 0 Å². The molecule has 0 fully saturated rings. The number of benzene rings is 4. The van der Waals surface area contributed by atoms with Crippen LogP contribution in [0, 0.1) is 5.82 Å². The van der Waals surface area contributed by atoms with Crippen molar-refractivity contribution in [2.75, 3.05) is 20.8 Å². The molecule has 0 spiro atoms. The van der Waals surface area contributed by atoms with E-state index in [1.807, 2.05) is 72.8 Å². The predicted octanol–water partition coefficient (Wildman–Crippen LogP) is 7.26. The van der Waals surface area contributed by atoms with E-state index < -0.39 is 0 Å². The average molecular weight is 610 g/mol. The van der Waals surface area contributed by atoms with Gasteiger partial charge in [-0.3, -0.25) is 9.69 Å². The van der Waals surface area contributed by atoms with E-state index >= 15 is 0 Å². The lowest BCUT2D eigenvalue weighted by atomic mass is 9.99. The summed E-state index contributed by atoms with van der Waals surface area (Å²) in [6, 6.07) is 32.6. The first-order chi connectivity index (χ1) is 21.5. The van der Waals surface area contributed by atoms with Gasteiger partial charge in [0.2, 0.25) is 0 Å². The van der Waals surface area contributed by atoms with E-state index in [1.54, 1.807) is 31.7 Å². The third-order valence-electron chi connectivity index (χ3n) is 7.45. The van der Waals surface area contributed by atoms with Crippen LogP contribution in [-0.2, 0) is 25.9 Å². The molecule has 0 saturated carbocycles. The minimum atomic E-state index is -0.242. The summed E-state index contributed by atoms with van der Waals surface area (Å²) in [5, 5.41) is 5.79. The molecule has 1 aromatic heterocycles. The molecule has 0 aliphatic rings. The molecule has 1 amide bonds. The third kappa shape index (κ3) is 8.30. The van der Waals surface area contributed by atoms with E-state index in [1.165, 1.54) is 17.4 Å². The van der Waals surface area contributed by atoms with Crippen LogP contribution in [0.2, 0.25) is 0 Å². The topological polar surface area (TPSA) is 63.7 Å². The molecule has 5 rings (SSSR count). The number of aromatic nitrogens is 1. The van der Waals surface area contributed by atoms with Crippen LogP contribution in [0.15, 0.2) is 109 Å². The standard InChI is InChI=1S/C36H36FN3O3S/c1-42-33-18-17-27(22-34(33)43-2)19-20-40(23-29-15-9-10-16-30(29)37)24-35-38-32(25-44-35)36(41)39-31(28-13-7-4-8-14-28)21-26-11-5-3-6-12-26/h3-18,22,25,31H,19-21,23-24H2,1-2H3,(H,39,41)/t31-/m0/s1. The van der Waals surface area contributed by atoms with Gasteiger partial charge in [-0.1, -0.05) is 84.9 Å². The van der Waals surface area contributed by atoms with Gasteiger partial charge < -0.3 is 14.8 Å². The lowest BCUT2D eigenvalue weighted by molar-refractivity contribution is 0.0931. The molecule has 0 aliphatic carbocycles. The highest BCUT2D eigenvalue weighted by Crippen LogP contribution is 2.28. The molecule has 4 aromatic carbocycles. The molecular formula is C36H36FN3O3S. The van der Waals surface area contributed by atoms with Gasteiger partial charge in [0.15, 0.2) is 11.5 Å². The smallest absolute Gasteiger partial charge is 0.271 e. The Morgan fingerprint density at radius 1 is 0.864 bits per heavy atom. The summed E-state index contributed by atoms with van der Waals surface area (Å²) in [7, 11) is 3.23. The fourth-order valence-corrected chi connectivity index (χ4v) is 5.92. The van der Waals surface area contributed by atoms with Gasteiger partial charge in [0.05, 0.1) is 26.8 Å². The van der Waals surface area contributed by atoms with Crippen molar-refractivity contribution in [3.63, 3.8) is 0 Å². The number of hydrogen-bond acceptors (Lipinski definition) is 6. The number of amides is 1. The zero-order chi connectivity index (χ0) is 30.7. The van der Waals surface area contributed by atoms with Gasteiger partial charge in [0.1, 0.15) is 16.5 Å². The predicted molar refractivity (Wildman–Crippen MR) is 173 cm³/mol. The molecular weight excluding hydrogens is 573 g/mol. The number of carbonyl (C=O) groups is 1. The number of nitrogens with one attached hydrogen (secondary N) is 1. The van der Waals surface area contributed by atoms with Gasteiger partial charge in [0, 0.05) is 24.0 Å². The monoisotopic (exact) mass is 609 g/mol. The van der Waals surface area contributed by atoms with E-state index in [9.17, 15) is 9.18 Å².